The van der Waals surface area contributed by atoms with Gasteiger partial charge in [-0.05, 0) is 54.2 Å². The minimum Gasteiger partial charge on any atom is -0.508 e. The molecule has 0 saturated carbocycles. The van der Waals surface area contributed by atoms with E-state index in [9.17, 15) is 5.11 Å². The average molecular weight is 323 g/mol. The molecule has 3 rings (SSSR count). The van der Waals surface area contributed by atoms with Crippen molar-refractivity contribution in [2.45, 2.75) is 25.7 Å². The highest BCUT2D eigenvalue weighted by atomic mass is 16.3. The van der Waals surface area contributed by atoms with Gasteiger partial charge in [0, 0.05) is 25.6 Å². The predicted octanol–water partition coefficient (Wildman–Crippen LogP) is 3.67. The molecule has 0 atom stereocenters. The van der Waals surface area contributed by atoms with Gasteiger partial charge in [-0.15, -0.1) is 0 Å². The molecule has 3 N–H and O–H groups in total. The monoisotopic (exact) mass is 323 g/mol. The minimum atomic E-state index is 0.202. The van der Waals surface area contributed by atoms with Crippen LogP contribution in [0.5, 0.6) is 5.75 Å². The van der Waals surface area contributed by atoms with Gasteiger partial charge in [-0.1, -0.05) is 42.0 Å². The van der Waals surface area contributed by atoms with Gasteiger partial charge >= 0.3 is 0 Å². The molecule has 1 saturated heterocycles. The van der Waals surface area contributed by atoms with E-state index in [1.807, 2.05) is 12.1 Å². The molecular formula is C21H25NO2. The fourth-order valence-electron chi connectivity index (χ4n) is 3.20. The lowest BCUT2D eigenvalue weighted by Crippen LogP contribution is -2.39. The first-order valence-electron chi connectivity index (χ1n) is 8.60. The molecule has 1 fully saturated rings. The molecule has 126 valence electrons. The summed E-state index contributed by atoms with van der Waals surface area (Å²) in [6.45, 7) is 4.46. The van der Waals surface area contributed by atoms with Crippen LogP contribution < -0.4 is 5.32 Å². The predicted molar refractivity (Wildman–Crippen MR) is 98.2 cm³/mol. The molecule has 0 radical (unpaired) electrons. The molecule has 1 aliphatic rings. The van der Waals surface area contributed by atoms with Crippen molar-refractivity contribution < 1.29 is 10.2 Å². The van der Waals surface area contributed by atoms with E-state index in [2.05, 4.69) is 36.5 Å². The Morgan fingerprint density at radius 2 is 1.58 bits per heavy atom. The average Bonchev–Trinajstić information content (AvgIpc) is 2.55. The first kappa shape index (κ1) is 16.7. The van der Waals surface area contributed by atoms with Crippen LogP contribution >= 0.6 is 0 Å². The molecule has 2 aromatic rings. The molecule has 1 heterocycles. The number of aromatic hydroxyl groups is 1. The molecule has 24 heavy (non-hydrogen) atoms. The summed E-state index contributed by atoms with van der Waals surface area (Å²) in [7, 11) is 0. The summed E-state index contributed by atoms with van der Waals surface area (Å²) in [5.74, 6) is 0.912. The summed E-state index contributed by atoms with van der Waals surface area (Å²) in [6, 6.07) is 16.2. The Hall–Kier alpha value is -2.10. The van der Waals surface area contributed by atoms with Crippen LogP contribution in [0.25, 0.3) is 5.57 Å². The van der Waals surface area contributed by atoms with E-state index in [1.165, 1.54) is 22.3 Å². The smallest absolute Gasteiger partial charge is 0.115 e. The Bertz CT molecular complexity index is 698. The van der Waals surface area contributed by atoms with E-state index < -0.39 is 0 Å². The number of phenols is 1. The number of hydrogen-bond donors (Lipinski definition) is 3. The van der Waals surface area contributed by atoms with E-state index >= 15 is 0 Å². The third-order valence-electron chi connectivity index (χ3n) is 4.74. The van der Waals surface area contributed by atoms with Crippen molar-refractivity contribution in [3.8, 4) is 5.75 Å². The highest BCUT2D eigenvalue weighted by molar-refractivity contribution is 5.82. The molecule has 3 nitrogen and oxygen atoms in total. The van der Waals surface area contributed by atoms with Gasteiger partial charge in [0.05, 0.1) is 0 Å². The van der Waals surface area contributed by atoms with Crippen molar-refractivity contribution in [2.24, 2.45) is 0 Å². The minimum absolute atomic E-state index is 0.202. The van der Waals surface area contributed by atoms with Crippen molar-refractivity contribution in [3.05, 3.63) is 70.8 Å². The molecule has 3 heteroatoms. The summed E-state index contributed by atoms with van der Waals surface area (Å²) < 4.78 is 0. The zero-order chi connectivity index (χ0) is 16.9. The molecule has 0 aliphatic carbocycles. The van der Waals surface area contributed by atoms with Gasteiger partial charge in [-0.2, -0.15) is 0 Å². The van der Waals surface area contributed by atoms with Crippen LogP contribution in [-0.4, -0.2) is 29.9 Å². The Morgan fingerprint density at radius 3 is 2.08 bits per heavy atom. The number of aliphatic hydroxyl groups excluding tert-OH is 1. The molecular weight excluding hydrogens is 298 g/mol. The third kappa shape index (κ3) is 3.69. The fourth-order valence-corrected chi connectivity index (χ4v) is 3.20. The number of phenolic OH excluding ortho intramolecular Hbond substituents is 1. The lowest BCUT2D eigenvalue weighted by Gasteiger charge is -2.27. The normalized spacial score (nSPS) is 15.8. The Morgan fingerprint density at radius 1 is 1.00 bits per heavy atom. The number of allylic oxidation sites excluding steroid dienone is 1. The van der Waals surface area contributed by atoms with Crippen LogP contribution in [0.4, 0.5) is 0 Å². The van der Waals surface area contributed by atoms with E-state index in [1.54, 1.807) is 12.1 Å². The zero-order valence-corrected chi connectivity index (χ0v) is 14.1. The Labute approximate surface area is 143 Å². The van der Waals surface area contributed by atoms with Crippen LogP contribution in [0.1, 0.15) is 42.4 Å². The maximum Gasteiger partial charge on any atom is 0.115 e. The van der Waals surface area contributed by atoms with Crippen LogP contribution in [-0.2, 0) is 0 Å². The summed E-state index contributed by atoms with van der Waals surface area (Å²) in [5.41, 5.74) is 6.12. The maximum atomic E-state index is 9.57. The number of benzene rings is 2. The second kappa shape index (κ2) is 7.65. The van der Waals surface area contributed by atoms with Crippen molar-refractivity contribution in [1.82, 2.24) is 5.32 Å². The lowest BCUT2D eigenvalue weighted by molar-refractivity contribution is 0.288. The van der Waals surface area contributed by atoms with Crippen molar-refractivity contribution in [3.63, 3.8) is 0 Å². The highest BCUT2D eigenvalue weighted by Gasteiger charge is 2.19. The molecule has 0 spiro atoms. The molecule has 2 aromatic carbocycles. The number of nitrogens with one attached hydrogen (secondary N) is 1. The first-order valence-corrected chi connectivity index (χ1v) is 8.60. The van der Waals surface area contributed by atoms with Crippen LogP contribution in [0.3, 0.4) is 0 Å². The van der Waals surface area contributed by atoms with Crippen molar-refractivity contribution in [1.29, 1.82) is 0 Å². The van der Waals surface area contributed by atoms with E-state index in [4.69, 9.17) is 5.11 Å². The highest BCUT2D eigenvalue weighted by Crippen LogP contribution is 2.31. The van der Waals surface area contributed by atoms with Gasteiger partial charge in [0.15, 0.2) is 0 Å². The van der Waals surface area contributed by atoms with Crippen LogP contribution in [0.2, 0.25) is 0 Å². The van der Waals surface area contributed by atoms with Crippen molar-refractivity contribution in [2.75, 3.05) is 19.7 Å². The second-order valence-corrected chi connectivity index (χ2v) is 6.51. The number of aliphatic hydroxyl groups is 1. The first-order chi connectivity index (χ1) is 11.7. The standard InChI is InChI=1S/C21H25NO2/c1-15(3-2-12-23)21(18-8-10-20(24)11-9-18)17-6-4-16(5-7-17)19-13-22-14-19/h4-11,19,22-24H,2-3,12-14H2,1H3/b21-15-. The summed E-state index contributed by atoms with van der Waals surface area (Å²) in [4.78, 5) is 0. The quantitative estimate of drug-likeness (QED) is 0.760. The van der Waals surface area contributed by atoms with Gasteiger partial charge in [0.25, 0.3) is 0 Å². The van der Waals surface area contributed by atoms with E-state index in [0.717, 1.165) is 31.5 Å². The van der Waals surface area contributed by atoms with Gasteiger partial charge in [0.1, 0.15) is 5.75 Å². The molecule has 0 amide bonds. The second-order valence-electron chi connectivity index (χ2n) is 6.51. The summed E-state index contributed by atoms with van der Waals surface area (Å²) in [5, 5.41) is 22.0. The van der Waals surface area contributed by atoms with Gasteiger partial charge in [-0.25, -0.2) is 0 Å². The SMILES string of the molecule is C/C(CCCO)=C(/c1ccc(O)cc1)c1ccc(C2CNC2)cc1. The molecule has 1 aliphatic heterocycles. The Balaban J connectivity index is 1.95. The zero-order valence-electron chi connectivity index (χ0n) is 14.1. The van der Waals surface area contributed by atoms with E-state index in [-0.39, 0.29) is 12.4 Å². The van der Waals surface area contributed by atoms with Crippen LogP contribution in [0, 0.1) is 0 Å². The van der Waals surface area contributed by atoms with Crippen LogP contribution in [0.15, 0.2) is 54.1 Å². The molecule has 0 aromatic heterocycles. The van der Waals surface area contributed by atoms with Gasteiger partial charge < -0.3 is 15.5 Å². The summed E-state index contributed by atoms with van der Waals surface area (Å²) in [6.07, 6.45) is 1.63. The third-order valence-corrected chi connectivity index (χ3v) is 4.74. The number of hydrogen-bond acceptors (Lipinski definition) is 3. The largest absolute Gasteiger partial charge is 0.508 e. The number of rotatable bonds is 6. The fraction of sp³-hybridized carbons (Fsp3) is 0.333. The van der Waals surface area contributed by atoms with Crippen molar-refractivity contribution >= 4 is 5.57 Å². The molecule has 0 bridgehead atoms. The van der Waals surface area contributed by atoms with Gasteiger partial charge in [-0.3, -0.25) is 0 Å². The summed E-state index contributed by atoms with van der Waals surface area (Å²) >= 11 is 0. The van der Waals surface area contributed by atoms with Gasteiger partial charge in [0.2, 0.25) is 0 Å². The van der Waals surface area contributed by atoms with E-state index in [0.29, 0.717) is 5.92 Å². The molecule has 0 unspecified atom stereocenters. The lowest BCUT2D eigenvalue weighted by atomic mass is 9.88. The maximum absolute atomic E-state index is 9.57. The topological polar surface area (TPSA) is 52.5 Å². The Kier molecular flexibility index (Phi) is 5.34.